The standard InChI is InChI=1S/C45H61NO5S2/c1-28(2)33-11-9-29(3)24-35(33)51-40(49)46(22-16-32-8-7-23-52-32)27-44(50)19-15-38-42(44,6)18-14-37-41(5)17-13-31(47)25-43(41)20-21-45(37,38)34(26-43)39(48)36-12-10-30(4)53-36/h7-8,10,12,20-21,23,26,28-29,31,33,35,37-38,47,50H,9,11,13-19,22,24-25,27H2,1-6H3/t29-,31?,33+,35-,37+,38+,41+,42-,43-,44+,45+/m0/s1. The van der Waals surface area contributed by atoms with Crippen molar-refractivity contribution in [1.82, 2.24) is 4.90 Å². The highest BCUT2D eigenvalue weighted by atomic mass is 32.1. The molecule has 1 unspecified atom stereocenters. The average Bonchev–Trinajstić information content (AvgIpc) is 3.86. The Morgan fingerprint density at radius 3 is 2.47 bits per heavy atom. The highest BCUT2D eigenvalue weighted by Gasteiger charge is 2.74. The van der Waals surface area contributed by atoms with Crippen LogP contribution in [0.4, 0.5) is 4.79 Å². The minimum atomic E-state index is -1.14. The molecule has 2 heterocycles. The summed E-state index contributed by atoms with van der Waals surface area (Å²) in [7, 11) is 0. The molecule has 2 aromatic heterocycles. The van der Waals surface area contributed by atoms with Crippen LogP contribution in [0.2, 0.25) is 0 Å². The van der Waals surface area contributed by atoms with Crippen LogP contribution < -0.4 is 0 Å². The van der Waals surface area contributed by atoms with E-state index in [0.29, 0.717) is 37.1 Å². The Bertz CT molecular complexity index is 1780. The lowest BCUT2D eigenvalue weighted by atomic mass is 9.32. The summed E-state index contributed by atoms with van der Waals surface area (Å²) in [6.45, 7) is 14.2. The molecule has 0 radical (unpaired) electrons. The van der Waals surface area contributed by atoms with Crippen LogP contribution in [0.5, 0.6) is 0 Å². The lowest BCUT2D eigenvalue weighted by Crippen LogP contribution is -2.67. The number of hydrogen-bond donors (Lipinski definition) is 2. The highest BCUT2D eigenvalue weighted by molar-refractivity contribution is 7.14. The summed E-state index contributed by atoms with van der Waals surface area (Å²) in [5, 5.41) is 26.3. The average molecular weight is 760 g/mol. The van der Waals surface area contributed by atoms with Crippen molar-refractivity contribution in [3.63, 3.8) is 0 Å². The molecule has 4 fully saturated rings. The summed E-state index contributed by atoms with van der Waals surface area (Å²) in [4.78, 5) is 34.2. The Morgan fingerprint density at radius 2 is 1.75 bits per heavy atom. The Kier molecular flexibility index (Phi) is 9.55. The van der Waals surface area contributed by atoms with Gasteiger partial charge >= 0.3 is 6.09 Å². The lowest BCUT2D eigenvalue weighted by Gasteiger charge is -2.71. The van der Waals surface area contributed by atoms with Gasteiger partial charge in [0.1, 0.15) is 6.10 Å². The number of aryl methyl sites for hydroxylation is 1. The molecule has 0 aliphatic heterocycles. The minimum Gasteiger partial charge on any atom is -0.446 e. The molecule has 1 amide bonds. The zero-order chi connectivity index (χ0) is 37.6. The number of rotatable bonds is 9. The molecule has 2 spiro atoms. The number of Topliss-reactive ketones (excluding diaryl/α,β-unsaturated/α-hetero) is 1. The third-order valence-electron chi connectivity index (χ3n) is 16.1. The molecule has 6 nitrogen and oxygen atoms in total. The number of carbonyl (C=O) groups is 2. The van der Waals surface area contributed by atoms with Crippen LogP contribution in [0.15, 0.2) is 53.4 Å². The van der Waals surface area contributed by atoms with Crippen LogP contribution in [0, 0.1) is 58.2 Å². The van der Waals surface area contributed by atoms with Gasteiger partial charge in [0.05, 0.1) is 23.1 Å². The van der Waals surface area contributed by atoms with E-state index in [2.05, 4.69) is 77.3 Å². The third-order valence-corrected chi connectivity index (χ3v) is 18.0. The predicted octanol–water partition coefficient (Wildman–Crippen LogP) is 10.0. The van der Waals surface area contributed by atoms with Crippen molar-refractivity contribution >= 4 is 34.6 Å². The summed E-state index contributed by atoms with van der Waals surface area (Å²) in [5.74, 6) is 1.68. The van der Waals surface area contributed by atoms with E-state index >= 15 is 0 Å². The number of amides is 1. The number of fused-ring (bicyclic) bond motifs is 1. The van der Waals surface area contributed by atoms with E-state index in [9.17, 15) is 19.8 Å². The largest absolute Gasteiger partial charge is 0.446 e. The first kappa shape index (κ1) is 37.7. The molecule has 0 saturated heterocycles. The number of ether oxygens (including phenoxy) is 1. The topological polar surface area (TPSA) is 87.1 Å². The van der Waals surface area contributed by atoms with Crippen molar-refractivity contribution in [1.29, 1.82) is 0 Å². The normalized spacial score (nSPS) is 41.4. The Morgan fingerprint density at radius 1 is 1.00 bits per heavy atom. The molecule has 2 bridgehead atoms. The van der Waals surface area contributed by atoms with Crippen molar-refractivity contribution in [3.8, 4) is 0 Å². The van der Waals surface area contributed by atoms with E-state index in [1.807, 2.05) is 17.0 Å². The van der Waals surface area contributed by atoms with Gasteiger partial charge in [-0.05, 0) is 130 Å². The maximum Gasteiger partial charge on any atom is 0.410 e. The number of allylic oxidation sites excluding steroid dienone is 4. The van der Waals surface area contributed by atoms with E-state index in [-0.39, 0.29) is 53.3 Å². The lowest BCUT2D eigenvalue weighted by molar-refractivity contribution is -0.175. The molecule has 8 heteroatoms. The molecule has 2 aromatic rings. The quantitative estimate of drug-likeness (QED) is 0.196. The second-order valence-corrected chi connectivity index (χ2v) is 21.4. The van der Waals surface area contributed by atoms with Gasteiger partial charge in [-0.25, -0.2) is 4.79 Å². The van der Waals surface area contributed by atoms with E-state index in [1.54, 1.807) is 22.7 Å². The van der Waals surface area contributed by atoms with Crippen LogP contribution >= 0.6 is 22.7 Å². The molecular weight excluding hydrogens is 699 g/mol. The molecular formula is C45H61NO5S2. The van der Waals surface area contributed by atoms with Crippen LogP contribution in [-0.2, 0) is 11.2 Å². The van der Waals surface area contributed by atoms with Gasteiger partial charge < -0.3 is 19.8 Å². The first-order valence-electron chi connectivity index (χ1n) is 20.6. The summed E-state index contributed by atoms with van der Waals surface area (Å²) in [6, 6.07) is 8.20. The van der Waals surface area contributed by atoms with Gasteiger partial charge in [0.2, 0.25) is 0 Å². The first-order valence-corrected chi connectivity index (χ1v) is 22.3. The van der Waals surface area contributed by atoms with Crippen LogP contribution in [0.3, 0.4) is 0 Å². The number of ketones is 1. The number of hydrogen-bond acceptors (Lipinski definition) is 7. The Balaban J connectivity index is 1.15. The second kappa shape index (κ2) is 13.4. The zero-order valence-electron chi connectivity index (χ0n) is 32.7. The maximum atomic E-state index is 14.8. The van der Waals surface area contributed by atoms with Gasteiger partial charge in [0.15, 0.2) is 5.78 Å². The summed E-state index contributed by atoms with van der Waals surface area (Å²) < 4.78 is 6.50. The number of thiophene rings is 2. The van der Waals surface area contributed by atoms with Crippen molar-refractivity contribution in [2.75, 3.05) is 13.1 Å². The fourth-order valence-electron chi connectivity index (χ4n) is 13.0. The minimum absolute atomic E-state index is 0.0351. The third kappa shape index (κ3) is 5.81. The van der Waals surface area contributed by atoms with E-state index < -0.39 is 16.4 Å². The summed E-state index contributed by atoms with van der Waals surface area (Å²) in [6.07, 6.45) is 15.6. The van der Waals surface area contributed by atoms with Crippen LogP contribution in [0.25, 0.3) is 0 Å². The Hall–Kier alpha value is -2.26. The van der Waals surface area contributed by atoms with Gasteiger partial charge in [-0.1, -0.05) is 65.3 Å². The molecule has 11 atom stereocenters. The van der Waals surface area contributed by atoms with Gasteiger partial charge in [-0.2, -0.15) is 0 Å². The van der Waals surface area contributed by atoms with Gasteiger partial charge in [-0.3, -0.25) is 4.79 Å². The van der Waals surface area contributed by atoms with Gasteiger partial charge in [0, 0.05) is 38.1 Å². The van der Waals surface area contributed by atoms with Crippen molar-refractivity contribution < 1.29 is 24.5 Å². The smallest absolute Gasteiger partial charge is 0.410 e. The zero-order valence-corrected chi connectivity index (χ0v) is 34.4. The SMILES string of the molecule is Cc1ccc(C(=O)C2=C[C@@]34C=C[C@@]25[C@@H]2CC[C@@](O)(CN(CCc6cccs6)C(=O)O[C@H]6C[C@@H](C)CC[C@@H]6C(C)C)[C@@]2(C)CC[C@@H]5[C@@]3(C)CCC(O)C4)s1. The Labute approximate surface area is 325 Å². The monoisotopic (exact) mass is 759 g/mol. The van der Waals surface area contributed by atoms with Crippen LogP contribution in [-0.4, -0.2) is 57.9 Å². The number of aliphatic hydroxyl groups is 2. The molecule has 7 aliphatic rings. The van der Waals surface area contributed by atoms with E-state index in [4.69, 9.17) is 4.74 Å². The fraction of sp³-hybridized carbons (Fsp3) is 0.689. The number of nitrogens with zero attached hydrogens (tertiary/aromatic N) is 1. The first-order chi connectivity index (χ1) is 25.1. The second-order valence-electron chi connectivity index (χ2n) is 19.0. The summed E-state index contributed by atoms with van der Waals surface area (Å²) in [5.41, 5.74) is -1.74. The molecule has 2 N–H and O–H groups in total. The molecule has 7 aliphatic carbocycles. The fourth-order valence-corrected chi connectivity index (χ4v) is 14.5. The highest BCUT2D eigenvalue weighted by Crippen LogP contribution is 2.78. The molecule has 4 saturated carbocycles. The van der Waals surface area contributed by atoms with Gasteiger partial charge in [-0.15, -0.1) is 22.7 Å². The molecule has 288 valence electrons. The summed E-state index contributed by atoms with van der Waals surface area (Å²) >= 11 is 3.27. The van der Waals surface area contributed by atoms with E-state index in [0.717, 1.165) is 66.7 Å². The number of carbonyl (C=O) groups excluding carboxylic acids is 2. The van der Waals surface area contributed by atoms with Crippen LogP contribution in [0.1, 0.15) is 118 Å². The molecule has 53 heavy (non-hydrogen) atoms. The molecule has 9 rings (SSSR count). The van der Waals surface area contributed by atoms with E-state index in [1.165, 1.54) is 11.3 Å². The van der Waals surface area contributed by atoms with Crippen molar-refractivity contribution in [2.45, 2.75) is 130 Å². The van der Waals surface area contributed by atoms with Gasteiger partial charge in [0.25, 0.3) is 0 Å². The van der Waals surface area contributed by atoms with Crippen molar-refractivity contribution in [3.05, 3.63) is 68.1 Å². The maximum absolute atomic E-state index is 14.8. The predicted molar refractivity (Wildman–Crippen MR) is 213 cm³/mol. The van der Waals surface area contributed by atoms with Crippen molar-refractivity contribution in [2.24, 2.45) is 51.2 Å². The molecule has 0 aromatic carbocycles. The number of aliphatic hydroxyl groups excluding tert-OH is 1.